The number of hydrogen-bond donors (Lipinski definition) is 1. The van der Waals surface area contributed by atoms with Gasteiger partial charge >= 0.3 is 5.97 Å². The van der Waals surface area contributed by atoms with Crippen molar-refractivity contribution in [3.63, 3.8) is 0 Å². The number of hydrogen-bond acceptors (Lipinski definition) is 6. The molecule has 0 fully saturated rings. The molecule has 0 saturated carbocycles. The Morgan fingerprint density at radius 1 is 1.24 bits per heavy atom. The fourth-order valence-electron chi connectivity index (χ4n) is 2.16. The van der Waals surface area contributed by atoms with Gasteiger partial charge in [-0.25, -0.2) is 19.2 Å². The number of aromatic nitrogens is 3. The van der Waals surface area contributed by atoms with E-state index in [1.54, 1.807) is 37.6 Å². The zero-order valence-electron chi connectivity index (χ0n) is 13.4. The number of nitrogens with zero attached hydrogens (tertiary/aromatic N) is 3. The van der Waals surface area contributed by atoms with Crippen molar-refractivity contribution in [1.29, 1.82) is 0 Å². The van der Waals surface area contributed by atoms with Crippen LogP contribution in [0.5, 0.6) is 0 Å². The van der Waals surface area contributed by atoms with Crippen LogP contribution in [0.1, 0.15) is 17.3 Å². The Morgan fingerprint density at radius 2 is 2.12 bits per heavy atom. The number of rotatable bonds is 5. The number of esters is 1. The van der Waals surface area contributed by atoms with Gasteiger partial charge < -0.3 is 10.1 Å². The number of carbonyl (C=O) groups is 1. The number of pyridine rings is 1. The Hall–Kier alpha value is -3.35. The minimum Gasteiger partial charge on any atom is -0.462 e. The molecule has 2 heterocycles. The van der Waals surface area contributed by atoms with Gasteiger partial charge in [0.05, 0.1) is 17.9 Å². The van der Waals surface area contributed by atoms with Gasteiger partial charge in [0.25, 0.3) is 0 Å². The lowest BCUT2D eigenvalue weighted by molar-refractivity contribution is 0.0526. The highest BCUT2D eigenvalue weighted by Crippen LogP contribution is 2.22. The molecular weight excluding hydrogens is 323 g/mol. The van der Waals surface area contributed by atoms with Crippen LogP contribution in [0.4, 0.5) is 15.9 Å². The van der Waals surface area contributed by atoms with Crippen LogP contribution in [0.3, 0.4) is 0 Å². The first-order chi connectivity index (χ1) is 12.2. The second-order valence-electron chi connectivity index (χ2n) is 5.05. The molecule has 0 bridgehead atoms. The molecule has 3 rings (SSSR count). The molecule has 0 aliphatic heterocycles. The van der Waals surface area contributed by atoms with E-state index in [-0.39, 0.29) is 17.9 Å². The molecule has 0 unspecified atom stereocenters. The van der Waals surface area contributed by atoms with Crippen LogP contribution >= 0.6 is 0 Å². The molecule has 0 aliphatic carbocycles. The molecule has 0 aliphatic rings. The zero-order valence-corrected chi connectivity index (χ0v) is 13.4. The van der Waals surface area contributed by atoms with Gasteiger partial charge in [-0.3, -0.25) is 4.98 Å². The Bertz CT molecular complexity index is 887. The van der Waals surface area contributed by atoms with Gasteiger partial charge in [0.15, 0.2) is 5.82 Å². The van der Waals surface area contributed by atoms with E-state index in [4.69, 9.17) is 4.74 Å². The molecule has 7 heteroatoms. The number of ether oxygens (including phenoxy) is 1. The molecule has 0 amide bonds. The van der Waals surface area contributed by atoms with E-state index in [1.807, 2.05) is 6.07 Å². The van der Waals surface area contributed by atoms with Crippen molar-refractivity contribution >= 4 is 17.5 Å². The van der Waals surface area contributed by atoms with E-state index in [1.165, 1.54) is 12.1 Å². The van der Waals surface area contributed by atoms with Gasteiger partial charge in [0.1, 0.15) is 11.6 Å². The Labute approximate surface area is 143 Å². The molecule has 25 heavy (non-hydrogen) atoms. The van der Waals surface area contributed by atoms with Crippen LogP contribution in [0.15, 0.2) is 55.0 Å². The highest BCUT2D eigenvalue weighted by molar-refractivity contribution is 5.90. The van der Waals surface area contributed by atoms with E-state index < -0.39 is 11.8 Å². The van der Waals surface area contributed by atoms with Gasteiger partial charge in [0.2, 0.25) is 0 Å². The average Bonchev–Trinajstić information content (AvgIpc) is 2.64. The highest BCUT2D eigenvalue weighted by Gasteiger charge is 2.11. The van der Waals surface area contributed by atoms with Crippen LogP contribution in [-0.4, -0.2) is 27.5 Å². The van der Waals surface area contributed by atoms with E-state index in [0.29, 0.717) is 11.6 Å². The molecule has 0 atom stereocenters. The standard InChI is InChI=1S/C18H15FN4O2/c1-2-25-18(24)12-5-6-15(14(19)10-12)22-16-7-9-21-17(23-16)13-4-3-8-20-11-13/h3-11H,2H2,1H3,(H,21,22,23). The lowest BCUT2D eigenvalue weighted by atomic mass is 10.2. The third kappa shape index (κ3) is 3.95. The number of benzene rings is 1. The van der Waals surface area contributed by atoms with Crippen LogP contribution in [0.2, 0.25) is 0 Å². The summed E-state index contributed by atoms with van der Waals surface area (Å²) in [5.41, 5.74) is 1.11. The van der Waals surface area contributed by atoms with Crippen molar-refractivity contribution in [2.75, 3.05) is 11.9 Å². The molecule has 0 saturated heterocycles. The molecule has 1 N–H and O–H groups in total. The van der Waals surface area contributed by atoms with Gasteiger partial charge in [-0.1, -0.05) is 0 Å². The zero-order chi connectivity index (χ0) is 17.6. The molecule has 0 spiro atoms. The Kier molecular flexibility index (Phi) is 4.94. The largest absolute Gasteiger partial charge is 0.462 e. The number of anilines is 2. The summed E-state index contributed by atoms with van der Waals surface area (Å²) in [5.74, 6) is -0.237. The first kappa shape index (κ1) is 16.5. The first-order valence-corrected chi connectivity index (χ1v) is 7.64. The lowest BCUT2D eigenvalue weighted by Crippen LogP contribution is -2.06. The van der Waals surface area contributed by atoms with Crippen LogP contribution in [-0.2, 0) is 4.74 Å². The van der Waals surface area contributed by atoms with Gasteiger partial charge in [-0.15, -0.1) is 0 Å². The van der Waals surface area contributed by atoms with Crippen LogP contribution in [0.25, 0.3) is 11.4 Å². The Morgan fingerprint density at radius 3 is 2.84 bits per heavy atom. The third-order valence-electron chi connectivity index (χ3n) is 3.32. The van der Waals surface area contributed by atoms with Gasteiger partial charge in [0, 0.05) is 24.2 Å². The van der Waals surface area contributed by atoms with Crippen molar-refractivity contribution < 1.29 is 13.9 Å². The molecule has 6 nitrogen and oxygen atoms in total. The molecular formula is C18H15FN4O2. The summed E-state index contributed by atoms with van der Waals surface area (Å²) < 4.78 is 19.1. The van der Waals surface area contributed by atoms with E-state index in [2.05, 4.69) is 20.3 Å². The molecule has 126 valence electrons. The topological polar surface area (TPSA) is 77.0 Å². The fraction of sp³-hybridized carbons (Fsp3) is 0.111. The SMILES string of the molecule is CCOC(=O)c1ccc(Nc2ccnc(-c3cccnc3)n2)c(F)c1. The summed E-state index contributed by atoms with van der Waals surface area (Å²) in [6, 6.07) is 9.33. The maximum atomic E-state index is 14.2. The molecule has 0 radical (unpaired) electrons. The lowest BCUT2D eigenvalue weighted by Gasteiger charge is -2.09. The minimum absolute atomic E-state index is 0.156. The summed E-state index contributed by atoms with van der Waals surface area (Å²) >= 11 is 0. The average molecular weight is 338 g/mol. The maximum Gasteiger partial charge on any atom is 0.338 e. The Balaban J connectivity index is 1.82. The summed E-state index contributed by atoms with van der Waals surface area (Å²) in [6.07, 6.45) is 4.88. The van der Waals surface area contributed by atoms with Gasteiger partial charge in [-0.2, -0.15) is 0 Å². The smallest absolute Gasteiger partial charge is 0.338 e. The number of nitrogens with one attached hydrogen (secondary N) is 1. The van der Waals surface area contributed by atoms with E-state index in [9.17, 15) is 9.18 Å². The molecule has 2 aromatic heterocycles. The van der Waals surface area contributed by atoms with E-state index >= 15 is 0 Å². The normalized spacial score (nSPS) is 10.3. The minimum atomic E-state index is -0.577. The summed E-state index contributed by atoms with van der Waals surface area (Å²) in [4.78, 5) is 24.2. The van der Waals surface area contributed by atoms with Crippen LogP contribution in [0, 0.1) is 5.82 Å². The second-order valence-corrected chi connectivity index (χ2v) is 5.05. The van der Waals surface area contributed by atoms with Crippen molar-refractivity contribution in [2.45, 2.75) is 6.92 Å². The third-order valence-corrected chi connectivity index (χ3v) is 3.32. The highest BCUT2D eigenvalue weighted by atomic mass is 19.1. The predicted octanol–water partition coefficient (Wildman–Crippen LogP) is 3.60. The van der Waals surface area contributed by atoms with E-state index in [0.717, 1.165) is 11.6 Å². The van der Waals surface area contributed by atoms with Crippen molar-refractivity contribution in [3.05, 3.63) is 66.4 Å². The fourth-order valence-corrected chi connectivity index (χ4v) is 2.16. The van der Waals surface area contributed by atoms with Crippen molar-refractivity contribution in [1.82, 2.24) is 15.0 Å². The first-order valence-electron chi connectivity index (χ1n) is 7.64. The summed E-state index contributed by atoms with van der Waals surface area (Å²) in [5, 5.41) is 2.88. The number of carbonyl (C=O) groups excluding carboxylic acids is 1. The van der Waals surface area contributed by atoms with Crippen molar-refractivity contribution in [3.8, 4) is 11.4 Å². The van der Waals surface area contributed by atoms with Gasteiger partial charge in [-0.05, 0) is 43.3 Å². The molecule has 3 aromatic rings. The quantitative estimate of drug-likeness (QED) is 0.716. The molecule has 1 aromatic carbocycles. The maximum absolute atomic E-state index is 14.2. The van der Waals surface area contributed by atoms with Crippen molar-refractivity contribution in [2.24, 2.45) is 0 Å². The monoisotopic (exact) mass is 338 g/mol. The summed E-state index contributed by atoms with van der Waals surface area (Å²) in [6.45, 7) is 1.93. The van der Waals surface area contributed by atoms with Crippen LogP contribution < -0.4 is 5.32 Å². The predicted molar refractivity (Wildman–Crippen MR) is 90.9 cm³/mol. The summed E-state index contributed by atoms with van der Waals surface area (Å²) in [7, 11) is 0. The number of halogens is 1. The second kappa shape index (κ2) is 7.48.